The smallest absolute Gasteiger partial charge is 0.109 e. The molecule has 0 atom stereocenters. The molecular formula is C15H22N2O2. The standard InChI is InChI=1S/C15H22N2O2/c1-17-13(11-15-5-3-10-19-15)6-7-14(17)12-16-8-4-9-18-2/h3,5-7,10,16H,4,8-9,11-12H2,1-2H3. The topological polar surface area (TPSA) is 39.3 Å². The highest BCUT2D eigenvalue weighted by atomic mass is 16.5. The fourth-order valence-corrected chi connectivity index (χ4v) is 2.11. The van der Waals surface area contributed by atoms with Crippen LogP contribution < -0.4 is 5.32 Å². The Balaban J connectivity index is 1.84. The van der Waals surface area contributed by atoms with Crippen molar-refractivity contribution in [2.45, 2.75) is 19.4 Å². The molecule has 4 heteroatoms. The van der Waals surface area contributed by atoms with E-state index < -0.39 is 0 Å². The Kier molecular flexibility index (Phi) is 5.24. The first-order chi connectivity index (χ1) is 9.31. The Morgan fingerprint density at radius 2 is 2.11 bits per heavy atom. The fourth-order valence-electron chi connectivity index (χ4n) is 2.11. The summed E-state index contributed by atoms with van der Waals surface area (Å²) in [5.74, 6) is 1.00. The summed E-state index contributed by atoms with van der Waals surface area (Å²) in [6, 6.07) is 8.27. The van der Waals surface area contributed by atoms with E-state index in [2.05, 4.69) is 29.1 Å². The van der Waals surface area contributed by atoms with E-state index in [0.29, 0.717) is 0 Å². The second-order valence-electron chi connectivity index (χ2n) is 4.65. The number of methoxy groups -OCH3 is 1. The third kappa shape index (κ3) is 3.98. The lowest BCUT2D eigenvalue weighted by Gasteiger charge is -2.08. The minimum absolute atomic E-state index is 0.809. The summed E-state index contributed by atoms with van der Waals surface area (Å²) in [7, 11) is 3.84. The second-order valence-corrected chi connectivity index (χ2v) is 4.65. The highest BCUT2D eigenvalue weighted by Crippen LogP contribution is 2.13. The first-order valence-corrected chi connectivity index (χ1v) is 6.66. The highest BCUT2D eigenvalue weighted by molar-refractivity contribution is 5.20. The van der Waals surface area contributed by atoms with Crippen LogP contribution in [0.4, 0.5) is 0 Å². The number of hydrogen-bond acceptors (Lipinski definition) is 3. The Morgan fingerprint density at radius 3 is 2.84 bits per heavy atom. The lowest BCUT2D eigenvalue weighted by molar-refractivity contribution is 0.194. The van der Waals surface area contributed by atoms with E-state index in [-0.39, 0.29) is 0 Å². The van der Waals surface area contributed by atoms with Gasteiger partial charge in [0, 0.05) is 45.1 Å². The van der Waals surface area contributed by atoms with Crippen LogP contribution in [0.2, 0.25) is 0 Å². The highest BCUT2D eigenvalue weighted by Gasteiger charge is 2.06. The largest absolute Gasteiger partial charge is 0.469 e. The summed E-state index contributed by atoms with van der Waals surface area (Å²) in [4.78, 5) is 0. The van der Waals surface area contributed by atoms with Crippen LogP contribution in [0.5, 0.6) is 0 Å². The van der Waals surface area contributed by atoms with Crippen molar-refractivity contribution in [2.24, 2.45) is 7.05 Å². The van der Waals surface area contributed by atoms with E-state index in [0.717, 1.165) is 38.3 Å². The van der Waals surface area contributed by atoms with Gasteiger partial charge < -0.3 is 19.0 Å². The van der Waals surface area contributed by atoms with Crippen LogP contribution in [0.3, 0.4) is 0 Å². The van der Waals surface area contributed by atoms with Crippen LogP contribution in [0.1, 0.15) is 23.6 Å². The van der Waals surface area contributed by atoms with Crippen LogP contribution in [-0.4, -0.2) is 24.8 Å². The van der Waals surface area contributed by atoms with Crippen molar-refractivity contribution in [3.8, 4) is 0 Å². The molecule has 4 nitrogen and oxygen atoms in total. The minimum Gasteiger partial charge on any atom is -0.469 e. The molecule has 0 aromatic carbocycles. The van der Waals surface area contributed by atoms with Gasteiger partial charge in [-0.1, -0.05) is 0 Å². The van der Waals surface area contributed by atoms with Crippen molar-refractivity contribution in [2.75, 3.05) is 20.3 Å². The van der Waals surface area contributed by atoms with Crippen molar-refractivity contribution in [1.29, 1.82) is 0 Å². The number of hydrogen-bond donors (Lipinski definition) is 1. The number of nitrogens with one attached hydrogen (secondary N) is 1. The van der Waals surface area contributed by atoms with Crippen molar-refractivity contribution in [3.05, 3.63) is 47.7 Å². The molecule has 19 heavy (non-hydrogen) atoms. The van der Waals surface area contributed by atoms with Gasteiger partial charge in [0.2, 0.25) is 0 Å². The SMILES string of the molecule is COCCCNCc1ccc(Cc2ccco2)n1C. The van der Waals surface area contributed by atoms with Crippen LogP contribution in [-0.2, 0) is 24.8 Å². The van der Waals surface area contributed by atoms with Gasteiger partial charge in [-0.25, -0.2) is 0 Å². The third-order valence-corrected chi connectivity index (χ3v) is 3.27. The first-order valence-electron chi connectivity index (χ1n) is 6.66. The zero-order valence-corrected chi connectivity index (χ0v) is 11.7. The summed E-state index contributed by atoms with van der Waals surface area (Å²) in [6.45, 7) is 2.68. The average molecular weight is 262 g/mol. The van der Waals surface area contributed by atoms with E-state index in [1.807, 2.05) is 12.1 Å². The number of nitrogens with zero attached hydrogens (tertiary/aromatic N) is 1. The molecule has 0 bridgehead atoms. The van der Waals surface area contributed by atoms with Gasteiger partial charge in [0.1, 0.15) is 5.76 Å². The van der Waals surface area contributed by atoms with Crippen molar-refractivity contribution in [3.63, 3.8) is 0 Å². The summed E-state index contributed by atoms with van der Waals surface area (Å²) in [5, 5.41) is 3.43. The van der Waals surface area contributed by atoms with E-state index in [1.165, 1.54) is 11.4 Å². The molecule has 0 aliphatic rings. The molecule has 0 spiro atoms. The number of rotatable bonds is 8. The van der Waals surface area contributed by atoms with Crippen LogP contribution in [0.15, 0.2) is 34.9 Å². The van der Waals surface area contributed by atoms with E-state index in [9.17, 15) is 0 Å². The zero-order valence-electron chi connectivity index (χ0n) is 11.7. The Hall–Kier alpha value is -1.52. The zero-order chi connectivity index (χ0) is 13.5. The molecule has 0 aliphatic heterocycles. The maximum Gasteiger partial charge on any atom is 0.109 e. The maximum absolute atomic E-state index is 5.38. The Morgan fingerprint density at radius 1 is 1.26 bits per heavy atom. The van der Waals surface area contributed by atoms with E-state index in [4.69, 9.17) is 9.15 Å². The van der Waals surface area contributed by atoms with E-state index >= 15 is 0 Å². The second kappa shape index (κ2) is 7.16. The molecule has 0 saturated heterocycles. The molecule has 0 unspecified atom stereocenters. The van der Waals surface area contributed by atoms with Crippen LogP contribution in [0, 0.1) is 0 Å². The Labute approximate surface area is 114 Å². The summed E-state index contributed by atoms with van der Waals surface area (Å²) >= 11 is 0. The predicted octanol–water partition coefficient (Wildman–Crippen LogP) is 2.33. The average Bonchev–Trinajstić information content (AvgIpc) is 3.03. The van der Waals surface area contributed by atoms with Crippen molar-refractivity contribution >= 4 is 0 Å². The number of aromatic nitrogens is 1. The van der Waals surface area contributed by atoms with Crippen molar-refractivity contribution < 1.29 is 9.15 Å². The molecule has 2 aromatic rings. The number of furan rings is 1. The summed E-state index contributed by atoms with van der Waals surface area (Å²) < 4.78 is 12.6. The number of ether oxygens (including phenoxy) is 1. The monoisotopic (exact) mass is 262 g/mol. The lowest BCUT2D eigenvalue weighted by Crippen LogP contribution is -2.18. The molecule has 1 N–H and O–H groups in total. The molecular weight excluding hydrogens is 240 g/mol. The molecule has 0 fully saturated rings. The van der Waals surface area contributed by atoms with Gasteiger partial charge in [0.05, 0.1) is 6.26 Å². The van der Waals surface area contributed by atoms with Gasteiger partial charge in [-0.15, -0.1) is 0 Å². The van der Waals surface area contributed by atoms with Crippen molar-refractivity contribution in [1.82, 2.24) is 9.88 Å². The van der Waals surface area contributed by atoms with Gasteiger partial charge in [-0.05, 0) is 37.2 Å². The molecule has 0 saturated carbocycles. The van der Waals surface area contributed by atoms with E-state index in [1.54, 1.807) is 13.4 Å². The predicted molar refractivity (Wildman–Crippen MR) is 75.1 cm³/mol. The third-order valence-electron chi connectivity index (χ3n) is 3.27. The van der Waals surface area contributed by atoms with Gasteiger partial charge >= 0.3 is 0 Å². The molecule has 0 amide bonds. The van der Waals surface area contributed by atoms with Crippen LogP contribution in [0.25, 0.3) is 0 Å². The normalized spacial score (nSPS) is 11.1. The van der Waals surface area contributed by atoms with Crippen LogP contribution >= 0.6 is 0 Å². The summed E-state index contributed by atoms with van der Waals surface area (Å²) in [6.07, 6.45) is 3.60. The Bertz CT molecular complexity index is 474. The van der Waals surface area contributed by atoms with Gasteiger partial charge in [0.15, 0.2) is 0 Å². The quantitative estimate of drug-likeness (QED) is 0.742. The summed E-state index contributed by atoms with van der Waals surface area (Å²) in [5.41, 5.74) is 2.56. The fraction of sp³-hybridized carbons (Fsp3) is 0.467. The van der Waals surface area contributed by atoms with Gasteiger partial charge in [0.25, 0.3) is 0 Å². The molecule has 2 heterocycles. The lowest BCUT2D eigenvalue weighted by atomic mass is 10.2. The first kappa shape index (κ1) is 13.9. The molecule has 2 aromatic heterocycles. The minimum atomic E-state index is 0.809. The molecule has 2 rings (SSSR count). The molecule has 104 valence electrons. The van der Waals surface area contributed by atoms with Gasteiger partial charge in [-0.2, -0.15) is 0 Å². The molecule has 0 radical (unpaired) electrons. The van der Waals surface area contributed by atoms with Gasteiger partial charge in [-0.3, -0.25) is 0 Å². The molecule has 0 aliphatic carbocycles. The maximum atomic E-state index is 5.38.